The predicted octanol–water partition coefficient (Wildman–Crippen LogP) is 1.39. The second-order valence-electron chi connectivity index (χ2n) is 5.68. The van der Waals surface area contributed by atoms with E-state index in [-0.39, 0.29) is 28.7 Å². The van der Waals surface area contributed by atoms with Crippen LogP contribution in [0.25, 0.3) is 0 Å². The number of thiophene rings is 1. The van der Waals surface area contributed by atoms with E-state index in [4.69, 9.17) is 0 Å². The van der Waals surface area contributed by atoms with Crippen molar-refractivity contribution in [1.82, 2.24) is 10.2 Å². The largest absolute Gasteiger partial charge is 0.353 e. The zero-order chi connectivity index (χ0) is 16.2. The zero-order valence-corrected chi connectivity index (χ0v) is 15.3. The Morgan fingerprint density at radius 2 is 2.32 bits per heavy atom. The number of carbonyl (C=O) groups is 1. The molecule has 124 valence electrons. The maximum absolute atomic E-state index is 12.0. The standard InChI is InChI=1S/C14H22N2O3S3/c1-16(2)13(11-3-5-20-8-11)7-15-14(17)9-21-12-4-6-22(18,19)10-12/h3,5,8,12-13H,4,6-7,9-10H2,1-2H3,(H,15,17)/t12-,13+/m0/s1. The normalized spacial score (nSPS) is 21.9. The lowest BCUT2D eigenvalue weighted by Gasteiger charge is -2.24. The van der Waals surface area contributed by atoms with E-state index in [0.29, 0.717) is 18.7 Å². The summed E-state index contributed by atoms with van der Waals surface area (Å²) in [6.07, 6.45) is 0.662. The Bertz CT molecular complexity index is 584. The summed E-state index contributed by atoms with van der Waals surface area (Å²) in [6, 6.07) is 2.23. The molecule has 0 saturated carbocycles. The third-order valence-electron chi connectivity index (χ3n) is 3.68. The van der Waals surface area contributed by atoms with Crippen LogP contribution in [0.5, 0.6) is 0 Å². The van der Waals surface area contributed by atoms with Crippen molar-refractivity contribution in [2.24, 2.45) is 0 Å². The van der Waals surface area contributed by atoms with E-state index < -0.39 is 9.84 Å². The molecule has 1 amide bonds. The van der Waals surface area contributed by atoms with Gasteiger partial charge in [0.1, 0.15) is 0 Å². The molecule has 0 aromatic carbocycles. The third-order valence-corrected chi connectivity index (χ3v) is 7.67. The molecule has 1 fully saturated rings. The summed E-state index contributed by atoms with van der Waals surface area (Å²) in [7, 11) is 1.12. The predicted molar refractivity (Wildman–Crippen MR) is 93.3 cm³/mol. The minimum absolute atomic E-state index is 0.0311. The van der Waals surface area contributed by atoms with Gasteiger partial charge in [-0.25, -0.2) is 8.42 Å². The van der Waals surface area contributed by atoms with E-state index in [9.17, 15) is 13.2 Å². The molecule has 2 heterocycles. The van der Waals surface area contributed by atoms with Gasteiger partial charge in [0.25, 0.3) is 0 Å². The molecule has 1 aromatic rings. The van der Waals surface area contributed by atoms with Gasteiger partial charge < -0.3 is 10.2 Å². The highest BCUT2D eigenvalue weighted by Gasteiger charge is 2.28. The maximum atomic E-state index is 12.0. The summed E-state index contributed by atoms with van der Waals surface area (Å²) >= 11 is 3.10. The van der Waals surface area contributed by atoms with Gasteiger partial charge in [0.15, 0.2) is 9.84 Å². The molecule has 2 atom stereocenters. The van der Waals surface area contributed by atoms with Crippen molar-refractivity contribution in [3.63, 3.8) is 0 Å². The highest BCUT2D eigenvalue weighted by atomic mass is 32.2. The number of amides is 1. The number of carbonyl (C=O) groups excluding carboxylic acids is 1. The van der Waals surface area contributed by atoms with E-state index >= 15 is 0 Å². The average molecular weight is 363 g/mol. The maximum Gasteiger partial charge on any atom is 0.230 e. The quantitative estimate of drug-likeness (QED) is 0.794. The fourth-order valence-corrected chi connectivity index (χ4v) is 6.59. The lowest BCUT2D eigenvalue weighted by atomic mass is 10.1. The van der Waals surface area contributed by atoms with E-state index in [1.54, 1.807) is 11.3 Å². The number of nitrogens with zero attached hydrogens (tertiary/aromatic N) is 1. The summed E-state index contributed by atoms with van der Waals surface area (Å²) in [5, 5.41) is 7.14. The summed E-state index contributed by atoms with van der Waals surface area (Å²) < 4.78 is 22.8. The van der Waals surface area contributed by atoms with Gasteiger partial charge in [0, 0.05) is 11.8 Å². The van der Waals surface area contributed by atoms with Crippen LogP contribution in [0, 0.1) is 0 Å². The highest BCUT2D eigenvalue weighted by Crippen LogP contribution is 2.24. The molecule has 5 nitrogen and oxygen atoms in total. The van der Waals surface area contributed by atoms with Gasteiger partial charge >= 0.3 is 0 Å². The lowest BCUT2D eigenvalue weighted by molar-refractivity contribution is -0.118. The molecular weight excluding hydrogens is 340 g/mol. The van der Waals surface area contributed by atoms with Gasteiger partial charge in [0.05, 0.1) is 23.3 Å². The monoisotopic (exact) mass is 362 g/mol. The van der Waals surface area contributed by atoms with Crippen LogP contribution in [0.2, 0.25) is 0 Å². The molecule has 2 rings (SSSR count). The van der Waals surface area contributed by atoms with Crippen molar-refractivity contribution in [3.8, 4) is 0 Å². The van der Waals surface area contributed by atoms with Crippen molar-refractivity contribution in [2.75, 3.05) is 37.9 Å². The van der Waals surface area contributed by atoms with Crippen LogP contribution in [0.4, 0.5) is 0 Å². The SMILES string of the molecule is CN(C)[C@H](CNC(=O)CS[C@H]1CCS(=O)(=O)C1)c1ccsc1. The molecule has 1 aliphatic heterocycles. The van der Waals surface area contributed by atoms with Crippen LogP contribution in [-0.2, 0) is 14.6 Å². The van der Waals surface area contributed by atoms with Crippen LogP contribution in [0.3, 0.4) is 0 Å². The highest BCUT2D eigenvalue weighted by molar-refractivity contribution is 8.02. The van der Waals surface area contributed by atoms with Gasteiger partial charge in [-0.2, -0.15) is 11.3 Å². The Morgan fingerprint density at radius 1 is 1.55 bits per heavy atom. The van der Waals surface area contributed by atoms with Gasteiger partial charge in [-0.3, -0.25) is 4.79 Å². The first kappa shape index (κ1) is 17.8. The van der Waals surface area contributed by atoms with Gasteiger partial charge in [-0.15, -0.1) is 11.8 Å². The second kappa shape index (κ2) is 7.81. The Balaban J connectivity index is 1.75. The molecule has 1 saturated heterocycles. The molecule has 0 spiro atoms. The van der Waals surface area contributed by atoms with Crippen molar-refractivity contribution in [1.29, 1.82) is 0 Å². The molecule has 0 bridgehead atoms. The number of sulfone groups is 1. The van der Waals surface area contributed by atoms with Crippen LogP contribution in [0.15, 0.2) is 16.8 Å². The van der Waals surface area contributed by atoms with E-state index in [1.807, 2.05) is 19.5 Å². The molecule has 8 heteroatoms. The summed E-state index contributed by atoms with van der Waals surface area (Å²) in [5.41, 5.74) is 1.20. The Hall–Kier alpha value is -0.570. The van der Waals surface area contributed by atoms with Crippen molar-refractivity contribution >= 4 is 38.8 Å². The first-order valence-corrected chi connectivity index (χ1v) is 11.0. The van der Waals surface area contributed by atoms with E-state index in [2.05, 4.69) is 21.7 Å². The first-order valence-electron chi connectivity index (χ1n) is 7.14. The molecule has 22 heavy (non-hydrogen) atoms. The number of hydrogen-bond acceptors (Lipinski definition) is 6. The lowest BCUT2D eigenvalue weighted by Crippen LogP contribution is -2.35. The van der Waals surface area contributed by atoms with Gasteiger partial charge in [0.2, 0.25) is 5.91 Å². The third kappa shape index (κ3) is 5.26. The van der Waals surface area contributed by atoms with Crippen LogP contribution in [-0.4, -0.2) is 62.4 Å². The number of thioether (sulfide) groups is 1. The smallest absolute Gasteiger partial charge is 0.230 e. The Labute approximate surface area is 140 Å². The molecule has 0 aliphatic carbocycles. The number of likely N-dealkylation sites (N-methyl/N-ethyl adjacent to an activating group) is 1. The molecule has 1 N–H and O–H groups in total. The fourth-order valence-electron chi connectivity index (χ4n) is 2.41. The second-order valence-corrected chi connectivity index (χ2v) is 9.97. The van der Waals surface area contributed by atoms with Crippen molar-refractivity contribution in [2.45, 2.75) is 17.7 Å². The van der Waals surface area contributed by atoms with Crippen LogP contribution < -0.4 is 5.32 Å². The van der Waals surface area contributed by atoms with Gasteiger partial charge in [-0.05, 0) is 42.9 Å². The zero-order valence-electron chi connectivity index (χ0n) is 12.8. The number of hydrogen-bond donors (Lipinski definition) is 1. The van der Waals surface area contributed by atoms with Crippen LogP contribution in [0.1, 0.15) is 18.0 Å². The Kier molecular flexibility index (Phi) is 6.31. The number of rotatable bonds is 7. The Morgan fingerprint density at radius 3 is 2.86 bits per heavy atom. The minimum atomic E-state index is -2.87. The molecule has 1 aliphatic rings. The average Bonchev–Trinajstić information content (AvgIpc) is 3.06. The van der Waals surface area contributed by atoms with Crippen molar-refractivity contribution < 1.29 is 13.2 Å². The molecule has 0 unspecified atom stereocenters. The van der Waals surface area contributed by atoms with E-state index in [0.717, 1.165) is 0 Å². The van der Waals surface area contributed by atoms with E-state index in [1.165, 1.54) is 17.3 Å². The topological polar surface area (TPSA) is 66.5 Å². The summed E-state index contributed by atoms with van der Waals surface area (Å²) in [6.45, 7) is 0.562. The summed E-state index contributed by atoms with van der Waals surface area (Å²) in [5.74, 6) is 0.758. The number of nitrogens with one attached hydrogen (secondary N) is 1. The first-order chi connectivity index (χ1) is 10.4. The fraction of sp³-hybridized carbons (Fsp3) is 0.643. The van der Waals surface area contributed by atoms with Crippen molar-refractivity contribution in [3.05, 3.63) is 22.4 Å². The summed E-state index contributed by atoms with van der Waals surface area (Å²) in [4.78, 5) is 14.0. The minimum Gasteiger partial charge on any atom is -0.353 e. The van der Waals surface area contributed by atoms with Crippen LogP contribution >= 0.6 is 23.1 Å². The molecule has 0 radical (unpaired) electrons. The molecular formula is C14H22N2O3S3. The van der Waals surface area contributed by atoms with Gasteiger partial charge in [-0.1, -0.05) is 0 Å². The molecule has 1 aromatic heterocycles.